The molecule has 7 heteroatoms. The van der Waals surface area contributed by atoms with Crippen LogP contribution in [0.2, 0.25) is 0 Å². The summed E-state index contributed by atoms with van der Waals surface area (Å²) in [7, 11) is 0. The van der Waals surface area contributed by atoms with Crippen molar-refractivity contribution in [2.24, 2.45) is 5.73 Å². The second-order valence-electron chi connectivity index (χ2n) is 7.32. The highest BCUT2D eigenvalue weighted by Crippen LogP contribution is 2.24. The lowest BCUT2D eigenvalue weighted by atomic mass is 9.87. The van der Waals surface area contributed by atoms with Crippen molar-refractivity contribution in [3.8, 4) is 5.75 Å². The Balaban J connectivity index is 1.99. The number of nitrogens with zero attached hydrogens (tertiary/aromatic N) is 1. The second kappa shape index (κ2) is 8.14. The van der Waals surface area contributed by atoms with Crippen LogP contribution in [0.1, 0.15) is 49.4 Å². The highest BCUT2D eigenvalue weighted by atomic mass is 16.5. The van der Waals surface area contributed by atoms with Crippen molar-refractivity contribution < 1.29 is 9.53 Å². The van der Waals surface area contributed by atoms with Gasteiger partial charge in [0, 0.05) is 18.8 Å². The first-order valence-corrected chi connectivity index (χ1v) is 8.52. The Morgan fingerprint density at radius 3 is 2.50 bits per heavy atom. The minimum Gasteiger partial charge on any atom is -0.486 e. The third-order valence-corrected chi connectivity index (χ3v) is 3.78. The SMILES string of the molecule is C[C@H](N)CNC(=O)c1cnc(COc2ccc(C(C)(C)C)cc2)[nH]c1=O. The molecule has 1 atom stereocenters. The zero-order valence-corrected chi connectivity index (χ0v) is 15.6. The van der Waals surface area contributed by atoms with Gasteiger partial charge in [-0.1, -0.05) is 32.9 Å². The van der Waals surface area contributed by atoms with Gasteiger partial charge in [0.25, 0.3) is 11.5 Å². The molecule has 2 aromatic rings. The van der Waals surface area contributed by atoms with E-state index in [0.29, 0.717) is 11.6 Å². The molecule has 4 N–H and O–H groups in total. The summed E-state index contributed by atoms with van der Waals surface area (Å²) in [6, 6.07) is 7.60. The molecule has 0 aliphatic heterocycles. The van der Waals surface area contributed by atoms with Gasteiger partial charge in [-0.15, -0.1) is 0 Å². The molecule has 2 rings (SSSR count). The maximum absolute atomic E-state index is 12.0. The van der Waals surface area contributed by atoms with Crippen molar-refractivity contribution in [2.45, 2.75) is 45.8 Å². The van der Waals surface area contributed by atoms with Crippen molar-refractivity contribution in [1.29, 1.82) is 0 Å². The first-order valence-electron chi connectivity index (χ1n) is 8.52. The Morgan fingerprint density at radius 1 is 1.31 bits per heavy atom. The van der Waals surface area contributed by atoms with Crippen LogP contribution in [0, 0.1) is 0 Å². The third-order valence-electron chi connectivity index (χ3n) is 3.78. The second-order valence-corrected chi connectivity index (χ2v) is 7.32. The number of aromatic nitrogens is 2. The highest BCUT2D eigenvalue weighted by Gasteiger charge is 2.14. The van der Waals surface area contributed by atoms with Crippen LogP contribution in [-0.4, -0.2) is 28.5 Å². The van der Waals surface area contributed by atoms with E-state index in [-0.39, 0.29) is 30.2 Å². The number of nitrogens with two attached hydrogens (primary N) is 1. The Morgan fingerprint density at radius 2 is 1.96 bits per heavy atom. The van der Waals surface area contributed by atoms with E-state index in [1.54, 1.807) is 6.92 Å². The number of carbonyl (C=O) groups is 1. The normalized spacial score (nSPS) is 12.5. The number of hydrogen-bond acceptors (Lipinski definition) is 5. The molecule has 26 heavy (non-hydrogen) atoms. The van der Waals surface area contributed by atoms with Crippen LogP contribution in [0.5, 0.6) is 5.75 Å². The number of carbonyl (C=O) groups excluding carboxylic acids is 1. The average Bonchev–Trinajstić information content (AvgIpc) is 2.57. The van der Waals surface area contributed by atoms with E-state index in [1.165, 1.54) is 11.8 Å². The maximum Gasteiger partial charge on any atom is 0.263 e. The molecule has 0 saturated carbocycles. The van der Waals surface area contributed by atoms with Gasteiger partial charge in [-0.25, -0.2) is 4.98 Å². The molecule has 0 aliphatic rings. The first kappa shape index (κ1) is 19.7. The number of aromatic amines is 1. The first-order chi connectivity index (χ1) is 12.2. The number of hydrogen-bond donors (Lipinski definition) is 3. The van der Waals surface area contributed by atoms with Gasteiger partial charge in [-0.2, -0.15) is 0 Å². The molecule has 1 aromatic heterocycles. The van der Waals surface area contributed by atoms with Gasteiger partial charge in [0.2, 0.25) is 0 Å². The van der Waals surface area contributed by atoms with Crippen LogP contribution in [0.15, 0.2) is 35.3 Å². The minimum absolute atomic E-state index is 0.0519. The van der Waals surface area contributed by atoms with Gasteiger partial charge >= 0.3 is 0 Å². The molecule has 0 spiro atoms. The summed E-state index contributed by atoms with van der Waals surface area (Å²) in [5.74, 6) is 0.527. The number of nitrogens with one attached hydrogen (secondary N) is 2. The molecule has 0 unspecified atom stereocenters. The Bertz CT molecular complexity index is 805. The van der Waals surface area contributed by atoms with Crippen LogP contribution in [0.4, 0.5) is 0 Å². The van der Waals surface area contributed by atoms with Gasteiger partial charge < -0.3 is 20.8 Å². The van der Waals surface area contributed by atoms with Crippen molar-refractivity contribution >= 4 is 5.91 Å². The largest absolute Gasteiger partial charge is 0.486 e. The van der Waals surface area contributed by atoms with E-state index >= 15 is 0 Å². The summed E-state index contributed by atoms with van der Waals surface area (Å²) in [5.41, 5.74) is 6.29. The number of ether oxygens (including phenoxy) is 1. The van der Waals surface area contributed by atoms with Gasteiger partial charge in [-0.3, -0.25) is 9.59 Å². The fourth-order valence-electron chi connectivity index (χ4n) is 2.22. The quantitative estimate of drug-likeness (QED) is 0.728. The lowest BCUT2D eigenvalue weighted by molar-refractivity contribution is 0.0949. The van der Waals surface area contributed by atoms with Crippen molar-refractivity contribution in [1.82, 2.24) is 15.3 Å². The molecule has 1 heterocycles. The molecule has 7 nitrogen and oxygen atoms in total. The Hall–Kier alpha value is -2.67. The highest BCUT2D eigenvalue weighted by molar-refractivity contribution is 5.93. The van der Waals surface area contributed by atoms with Crippen LogP contribution in [0.3, 0.4) is 0 Å². The molecular weight excluding hydrogens is 332 g/mol. The fraction of sp³-hybridized carbons (Fsp3) is 0.421. The average molecular weight is 358 g/mol. The van der Waals surface area contributed by atoms with E-state index in [2.05, 4.69) is 36.1 Å². The molecule has 140 valence electrons. The zero-order valence-electron chi connectivity index (χ0n) is 15.6. The van der Waals surface area contributed by atoms with Crippen molar-refractivity contribution in [2.75, 3.05) is 6.54 Å². The van der Waals surface area contributed by atoms with Crippen LogP contribution in [-0.2, 0) is 12.0 Å². The minimum atomic E-state index is -0.510. The Labute approximate surface area is 153 Å². The number of amides is 1. The summed E-state index contributed by atoms with van der Waals surface area (Å²) in [6.07, 6.45) is 1.25. The van der Waals surface area contributed by atoms with E-state index in [0.717, 1.165) is 0 Å². The summed E-state index contributed by atoms with van der Waals surface area (Å²) in [5, 5.41) is 2.58. The lowest BCUT2D eigenvalue weighted by Crippen LogP contribution is -2.37. The van der Waals surface area contributed by atoms with Crippen molar-refractivity contribution in [3.05, 3.63) is 57.8 Å². The van der Waals surface area contributed by atoms with Gasteiger partial charge in [0.1, 0.15) is 23.7 Å². The molecule has 1 aromatic carbocycles. The van der Waals surface area contributed by atoms with E-state index in [4.69, 9.17) is 10.5 Å². The molecule has 1 amide bonds. The van der Waals surface area contributed by atoms with E-state index < -0.39 is 11.5 Å². The molecule has 0 radical (unpaired) electrons. The zero-order chi connectivity index (χ0) is 19.3. The van der Waals surface area contributed by atoms with Crippen LogP contribution >= 0.6 is 0 Å². The molecule has 0 bridgehead atoms. The molecular formula is C19H26N4O3. The number of benzene rings is 1. The van der Waals surface area contributed by atoms with Gasteiger partial charge in [0.15, 0.2) is 0 Å². The molecule has 0 saturated heterocycles. The summed E-state index contributed by atoms with van der Waals surface area (Å²) < 4.78 is 5.64. The summed E-state index contributed by atoms with van der Waals surface area (Å²) in [6.45, 7) is 8.58. The number of rotatable bonds is 6. The Kier molecular flexibility index (Phi) is 6.15. The monoisotopic (exact) mass is 358 g/mol. The van der Waals surface area contributed by atoms with Gasteiger partial charge in [-0.05, 0) is 30.0 Å². The predicted octanol–water partition coefficient (Wildman–Crippen LogP) is 1.72. The summed E-state index contributed by atoms with van der Waals surface area (Å²) >= 11 is 0. The molecule has 0 aliphatic carbocycles. The third kappa shape index (κ3) is 5.42. The topological polar surface area (TPSA) is 110 Å². The van der Waals surface area contributed by atoms with E-state index in [1.807, 2.05) is 24.3 Å². The number of H-pyrrole nitrogens is 1. The van der Waals surface area contributed by atoms with E-state index in [9.17, 15) is 9.59 Å². The van der Waals surface area contributed by atoms with Crippen molar-refractivity contribution in [3.63, 3.8) is 0 Å². The molecule has 0 fully saturated rings. The lowest BCUT2D eigenvalue weighted by Gasteiger charge is -2.19. The maximum atomic E-state index is 12.0. The summed E-state index contributed by atoms with van der Waals surface area (Å²) in [4.78, 5) is 30.6. The predicted molar refractivity (Wildman–Crippen MR) is 100 cm³/mol. The fourth-order valence-corrected chi connectivity index (χ4v) is 2.22. The standard InChI is InChI=1S/C19H26N4O3/c1-12(20)9-22-17(24)15-10-21-16(23-18(15)25)11-26-14-7-5-13(6-8-14)19(2,3)4/h5-8,10,12H,9,11,20H2,1-4H3,(H,22,24)(H,21,23,25)/t12-/m0/s1. The smallest absolute Gasteiger partial charge is 0.263 e. The van der Waals surface area contributed by atoms with Crippen LogP contribution in [0.25, 0.3) is 0 Å². The van der Waals surface area contributed by atoms with Crippen LogP contribution < -0.4 is 21.3 Å². The van der Waals surface area contributed by atoms with Gasteiger partial charge in [0.05, 0.1) is 0 Å².